The van der Waals surface area contributed by atoms with Crippen LogP contribution in [0, 0.1) is 6.92 Å². The highest BCUT2D eigenvalue weighted by Crippen LogP contribution is 2.17. The second-order valence-electron chi connectivity index (χ2n) is 4.06. The molecular formula is C12H18BrN3O. The van der Waals surface area contributed by atoms with E-state index in [0.717, 1.165) is 22.9 Å². The number of aryl methyl sites for hydroxylation is 1. The Labute approximate surface area is 110 Å². The fourth-order valence-corrected chi connectivity index (χ4v) is 1.88. The summed E-state index contributed by atoms with van der Waals surface area (Å²) in [7, 11) is 0. The molecular weight excluding hydrogens is 282 g/mol. The molecule has 94 valence electrons. The Bertz CT molecular complexity index is 395. The van der Waals surface area contributed by atoms with Gasteiger partial charge >= 0.3 is 0 Å². The first kappa shape index (κ1) is 14.1. The van der Waals surface area contributed by atoms with Crippen molar-refractivity contribution in [3.05, 3.63) is 22.3 Å². The zero-order valence-corrected chi connectivity index (χ0v) is 11.8. The summed E-state index contributed by atoms with van der Waals surface area (Å²) in [5, 5.41) is 2.75. The molecule has 1 amide bonds. The number of nitrogens with one attached hydrogen (secondary N) is 1. The van der Waals surface area contributed by atoms with Gasteiger partial charge in [-0.2, -0.15) is 0 Å². The van der Waals surface area contributed by atoms with Gasteiger partial charge in [-0.05, 0) is 40.9 Å². The monoisotopic (exact) mass is 299 g/mol. The van der Waals surface area contributed by atoms with E-state index in [9.17, 15) is 4.79 Å². The molecule has 1 unspecified atom stereocenters. The summed E-state index contributed by atoms with van der Waals surface area (Å²) < 4.78 is 0.892. The summed E-state index contributed by atoms with van der Waals surface area (Å²) in [6.45, 7) is 3.97. The van der Waals surface area contributed by atoms with Crippen molar-refractivity contribution >= 4 is 27.7 Å². The zero-order valence-electron chi connectivity index (χ0n) is 10.2. The van der Waals surface area contributed by atoms with Crippen LogP contribution < -0.4 is 11.1 Å². The molecule has 0 fully saturated rings. The van der Waals surface area contributed by atoms with E-state index in [0.29, 0.717) is 12.2 Å². The number of rotatable bonds is 5. The van der Waals surface area contributed by atoms with Crippen LogP contribution in [0.15, 0.2) is 16.7 Å². The molecule has 0 aliphatic carbocycles. The van der Waals surface area contributed by atoms with Crippen LogP contribution >= 0.6 is 15.9 Å². The molecule has 1 atom stereocenters. The van der Waals surface area contributed by atoms with Crippen molar-refractivity contribution in [1.82, 2.24) is 4.98 Å². The van der Waals surface area contributed by atoms with Crippen LogP contribution in [0.2, 0.25) is 0 Å². The third-order valence-corrected chi connectivity index (χ3v) is 2.93. The normalized spacial score (nSPS) is 12.2. The van der Waals surface area contributed by atoms with Gasteiger partial charge < -0.3 is 11.1 Å². The number of amides is 1. The van der Waals surface area contributed by atoms with Crippen molar-refractivity contribution in [3.63, 3.8) is 0 Å². The molecule has 0 spiro atoms. The molecule has 3 N–H and O–H groups in total. The summed E-state index contributed by atoms with van der Waals surface area (Å²) in [5.74, 6) is 0.404. The molecule has 1 rings (SSSR count). The number of carbonyl (C=O) groups is 1. The van der Waals surface area contributed by atoms with Crippen LogP contribution in [0.5, 0.6) is 0 Å². The first-order valence-electron chi connectivity index (χ1n) is 5.73. The van der Waals surface area contributed by atoms with E-state index in [1.165, 1.54) is 0 Å². The molecule has 1 aromatic heterocycles. The smallest absolute Gasteiger partial charge is 0.242 e. The van der Waals surface area contributed by atoms with Gasteiger partial charge in [0.2, 0.25) is 5.91 Å². The molecule has 5 heteroatoms. The zero-order chi connectivity index (χ0) is 12.8. The number of hydrogen-bond acceptors (Lipinski definition) is 3. The number of pyridine rings is 1. The van der Waals surface area contributed by atoms with E-state index in [4.69, 9.17) is 5.73 Å². The summed E-state index contributed by atoms with van der Waals surface area (Å²) in [4.78, 5) is 15.9. The minimum atomic E-state index is -0.459. The van der Waals surface area contributed by atoms with Gasteiger partial charge in [0.05, 0.1) is 6.04 Å². The predicted octanol–water partition coefficient (Wildman–Crippen LogP) is 2.61. The fraction of sp³-hybridized carbons (Fsp3) is 0.500. The van der Waals surface area contributed by atoms with Crippen molar-refractivity contribution in [2.24, 2.45) is 5.73 Å². The van der Waals surface area contributed by atoms with E-state index in [-0.39, 0.29) is 5.91 Å². The van der Waals surface area contributed by atoms with E-state index in [1.807, 2.05) is 13.0 Å². The molecule has 4 nitrogen and oxygen atoms in total. The molecule has 1 aromatic rings. The summed E-state index contributed by atoms with van der Waals surface area (Å²) >= 11 is 3.33. The minimum absolute atomic E-state index is 0.170. The highest BCUT2D eigenvalue weighted by molar-refractivity contribution is 9.10. The Morgan fingerprint density at radius 1 is 1.65 bits per heavy atom. The number of carbonyl (C=O) groups excluding carboxylic acids is 1. The number of unbranched alkanes of at least 4 members (excludes halogenated alkanes) is 1. The molecule has 1 heterocycles. The highest BCUT2D eigenvalue weighted by Gasteiger charge is 2.14. The fourth-order valence-electron chi connectivity index (χ4n) is 1.44. The number of hydrogen-bond donors (Lipinski definition) is 2. The average molecular weight is 300 g/mol. The number of anilines is 1. The molecule has 0 aliphatic rings. The second-order valence-corrected chi connectivity index (χ2v) is 4.97. The van der Waals surface area contributed by atoms with Gasteiger partial charge in [0.15, 0.2) is 0 Å². The van der Waals surface area contributed by atoms with Crippen LogP contribution in [0.25, 0.3) is 0 Å². The maximum atomic E-state index is 11.8. The Morgan fingerprint density at radius 2 is 2.35 bits per heavy atom. The van der Waals surface area contributed by atoms with Gasteiger partial charge in [0.1, 0.15) is 5.82 Å². The van der Waals surface area contributed by atoms with E-state index in [2.05, 4.69) is 33.2 Å². The largest absolute Gasteiger partial charge is 0.320 e. The minimum Gasteiger partial charge on any atom is -0.320 e. The van der Waals surface area contributed by atoms with Crippen LogP contribution in [-0.4, -0.2) is 16.9 Å². The number of nitrogens with two attached hydrogens (primary N) is 1. The number of nitrogens with zero attached hydrogens (tertiary/aromatic N) is 1. The molecule has 0 aromatic carbocycles. The topological polar surface area (TPSA) is 68.0 Å². The molecule has 0 radical (unpaired) electrons. The number of halogens is 1. The predicted molar refractivity (Wildman–Crippen MR) is 72.8 cm³/mol. The molecule has 0 saturated carbocycles. The quantitative estimate of drug-likeness (QED) is 0.878. The summed E-state index contributed by atoms with van der Waals surface area (Å²) in [6.07, 6.45) is 4.36. The van der Waals surface area contributed by atoms with E-state index in [1.54, 1.807) is 6.20 Å². The van der Waals surface area contributed by atoms with Gasteiger partial charge in [-0.1, -0.05) is 19.8 Å². The Kier molecular flexibility index (Phi) is 5.58. The Hall–Kier alpha value is -0.940. The van der Waals surface area contributed by atoms with Crippen molar-refractivity contribution in [2.75, 3.05) is 5.32 Å². The van der Waals surface area contributed by atoms with Gasteiger partial charge in [0.25, 0.3) is 0 Å². The van der Waals surface area contributed by atoms with Crippen molar-refractivity contribution in [2.45, 2.75) is 39.2 Å². The Balaban J connectivity index is 2.61. The van der Waals surface area contributed by atoms with Crippen molar-refractivity contribution in [1.29, 1.82) is 0 Å². The lowest BCUT2D eigenvalue weighted by Crippen LogP contribution is -2.35. The molecule has 17 heavy (non-hydrogen) atoms. The summed E-state index contributed by atoms with van der Waals surface area (Å²) in [5.41, 5.74) is 6.69. The standard InChI is InChI=1S/C12H18BrN3O/c1-3-4-5-10(14)12(17)16-11-8(2)6-9(13)7-15-11/h6-7,10H,3-5,14H2,1-2H3,(H,15,16,17). The van der Waals surface area contributed by atoms with Crippen LogP contribution in [0.3, 0.4) is 0 Å². The molecule has 0 saturated heterocycles. The first-order valence-corrected chi connectivity index (χ1v) is 6.52. The van der Waals surface area contributed by atoms with Gasteiger partial charge in [-0.25, -0.2) is 4.98 Å². The Morgan fingerprint density at radius 3 is 2.94 bits per heavy atom. The van der Waals surface area contributed by atoms with Crippen LogP contribution in [0.4, 0.5) is 5.82 Å². The third-order valence-electron chi connectivity index (χ3n) is 2.49. The summed E-state index contributed by atoms with van der Waals surface area (Å²) in [6, 6.07) is 1.44. The van der Waals surface area contributed by atoms with Gasteiger partial charge in [0, 0.05) is 10.7 Å². The average Bonchev–Trinajstić information content (AvgIpc) is 2.29. The SMILES string of the molecule is CCCCC(N)C(=O)Nc1ncc(Br)cc1C. The number of aromatic nitrogens is 1. The lowest BCUT2D eigenvalue weighted by molar-refractivity contribution is -0.117. The van der Waals surface area contributed by atoms with Crippen molar-refractivity contribution in [3.8, 4) is 0 Å². The maximum absolute atomic E-state index is 11.8. The maximum Gasteiger partial charge on any atom is 0.242 e. The van der Waals surface area contributed by atoms with Gasteiger partial charge in [-0.3, -0.25) is 4.79 Å². The van der Waals surface area contributed by atoms with Crippen LogP contribution in [-0.2, 0) is 4.79 Å². The lowest BCUT2D eigenvalue weighted by atomic mass is 10.1. The second kappa shape index (κ2) is 6.71. The molecule has 0 aliphatic heterocycles. The molecule has 0 bridgehead atoms. The van der Waals surface area contributed by atoms with Crippen LogP contribution in [0.1, 0.15) is 31.7 Å². The van der Waals surface area contributed by atoms with E-state index >= 15 is 0 Å². The van der Waals surface area contributed by atoms with E-state index < -0.39 is 6.04 Å². The third kappa shape index (κ3) is 4.44. The highest BCUT2D eigenvalue weighted by atomic mass is 79.9. The first-order chi connectivity index (χ1) is 8.04. The van der Waals surface area contributed by atoms with Gasteiger partial charge in [-0.15, -0.1) is 0 Å². The lowest BCUT2D eigenvalue weighted by Gasteiger charge is -2.12. The van der Waals surface area contributed by atoms with Crippen molar-refractivity contribution < 1.29 is 4.79 Å².